The number of hydrogen-bond donors (Lipinski definition) is 1. The Hall–Kier alpha value is -3.91. The minimum atomic E-state index is -0.347. The Balaban J connectivity index is 1.29. The minimum Gasteiger partial charge on any atom is -0.326 e. The van der Waals surface area contributed by atoms with E-state index in [0.717, 1.165) is 38.8 Å². The first kappa shape index (κ1) is 32.0. The van der Waals surface area contributed by atoms with E-state index in [-0.39, 0.29) is 29.3 Å². The Bertz CT molecular complexity index is 1310. The molecule has 43 heavy (non-hydrogen) atoms. The van der Waals surface area contributed by atoms with Crippen LogP contribution in [0.1, 0.15) is 85.4 Å². The van der Waals surface area contributed by atoms with Crippen LogP contribution in [0.3, 0.4) is 0 Å². The van der Waals surface area contributed by atoms with Crippen LogP contribution in [0.5, 0.6) is 0 Å². The first-order chi connectivity index (χ1) is 20.9. The number of benzene rings is 2. The number of rotatable bonds is 15. The number of Topliss-reactive ketones (excluding diaryl/α,β-unsaturated/α-hetero) is 1. The summed E-state index contributed by atoms with van der Waals surface area (Å²) in [6, 6.07) is 16.5. The molecule has 4 rings (SSSR count). The third-order valence-corrected chi connectivity index (χ3v) is 8.10. The van der Waals surface area contributed by atoms with Gasteiger partial charge in [0.05, 0.1) is 11.9 Å². The minimum absolute atomic E-state index is 0.00492. The van der Waals surface area contributed by atoms with Crippen molar-refractivity contribution in [2.75, 3.05) is 36.4 Å². The largest absolute Gasteiger partial charge is 0.326 e. The van der Waals surface area contributed by atoms with Gasteiger partial charge in [-0.2, -0.15) is 0 Å². The lowest BCUT2D eigenvalue weighted by Crippen LogP contribution is -2.43. The smallest absolute Gasteiger partial charge is 0.258 e. The molecule has 0 atom stereocenters. The number of carbonyl (C=O) groups is 3. The Kier molecular flexibility index (Phi) is 12.4. The highest BCUT2D eigenvalue weighted by molar-refractivity contribution is 6.06. The first-order valence-electron chi connectivity index (χ1n) is 15.6. The normalized spacial score (nSPS) is 13.9. The summed E-state index contributed by atoms with van der Waals surface area (Å²) >= 11 is 0. The fraction of sp³-hybridized carbons (Fsp3) is 0.429. The van der Waals surface area contributed by atoms with E-state index < -0.39 is 0 Å². The van der Waals surface area contributed by atoms with Gasteiger partial charge >= 0.3 is 0 Å². The van der Waals surface area contributed by atoms with Crippen molar-refractivity contribution < 1.29 is 18.8 Å². The fourth-order valence-electron chi connectivity index (χ4n) is 5.51. The van der Waals surface area contributed by atoms with Gasteiger partial charge in [-0.3, -0.25) is 19.4 Å². The summed E-state index contributed by atoms with van der Waals surface area (Å²) in [5.41, 5.74) is 2.47. The highest BCUT2D eigenvalue weighted by Gasteiger charge is 2.27. The number of nitrogens with one attached hydrogen (secondary N) is 1. The van der Waals surface area contributed by atoms with Crippen LogP contribution in [0.15, 0.2) is 73.1 Å². The number of unbranched alkanes of at least 4 members (excludes halogenated alkanes) is 5. The molecule has 0 radical (unpaired) electrons. The molecule has 1 fully saturated rings. The van der Waals surface area contributed by atoms with Gasteiger partial charge in [0.25, 0.3) is 5.91 Å². The third kappa shape index (κ3) is 9.82. The van der Waals surface area contributed by atoms with Gasteiger partial charge in [0.1, 0.15) is 5.82 Å². The number of amides is 2. The highest BCUT2D eigenvalue weighted by atomic mass is 19.1. The average molecular weight is 587 g/mol. The van der Waals surface area contributed by atoms with E-state index in [0.29, 0.717) is 42.0 Å². The SMILES string of the molecule is CCCCCCCCC(=O)Nc1ccc(C(=O)N(CCN2CCC(C(=O)c3ccc(F)cc3)CC2)c2cccnc2)cc1. The zero-order valence-corrected chi connectivity index (χ0v) is 25.1. The summed E-state index contributed by atoms with van der Waals surface area (Å²) in [6.07, 6.45) is 12.1. The maximum absolute atomic E-state index is 13.6. The Morgan fingerprint density at radius 2 is 1.58 bits per heavy atom. The van der Waals surface area contributed by atoms with Crippen molar-refractivity contribution in [2.24, 2.45) is 5.92 Å². The lowest BCUT2D eigenvalue weighted by atomic mass is 9.89. The van der Waals surface area contributed by atoms with Crippen LogP contribution >= 0.6 is 0 Å². The second-order valence-corrected chi connectivity index (χ2v) is 11.3. The van der Waals surface area contributed by atoms with Gasteiger partial charge in [0.15, 0.2) is 5.78 Å². The van der Waals surface area contributed by atoms with Gasteiger partial charge in [0, 0.05) is 48.4 Å². The molecule has 1 saturated heterocycles. The lowest BCUT2D eigenvalue weighted by Gasteiger charge is -2.33. The van der Waals surface area contributed by atoms with Crippen molar-refractivity contribution >= 4 is 29.0 Å². The van der Waals surface area contributed by atoms with Crippen molar-refractivity contribution in [2.45, 2.75) is 64.7 Å². The van der Waals surface area contributed by atoms with Crippen molar-refractivity contribution in [1.29, 1.82) is 0 Å². The molecule has 2 amide bonds. The molecule has 7 nitrogen and oxygen atoms in total. The zero-order chi connectivity index (χ0) is 30.4. The van der Waals surface area contributed by atoms with E-state index in [1.807, 2.05) is 12.1 Å². The molecule has 1 N–H and O–H groups in total. The second kappa shape index (κ2) is 16.7. The fourth-order valence-corrected chi connectivity index (χ4v) is 5.51. The summed E-state index contributed by atoms with van der Waals surface area (Å²) in [6.45, 7) is 4.82. The number of nitrogens with zero attached hydrogens (tertiary/aromatic N) is 3. The summed E-state index contributed by atoms with van der Waals surface area (Å²) in [7, 11) is 0. The number of likely N-dealkylation sites (tertiary alicyclic amines) is 1. The van der Waals surface area contributed by atoms with Crippen molar-refractivity contribution in [3.05, 3.63) is 90.0 Å². The van der Waals surface area contributed by atoms with E-state index in [4.69, 9.17) is 0 Å². The quantitative estimate of drug-likeness (QED) is 0.151. The summed E-state index contributed by atoms with van der Waals surface area (Å²) < 4.78 is 13.3. The molecule has 0 bridgehead atoms. The molecular formula is C35H43FN4O3. The van der Waals surface area contributed by atoms with Crippen molar-refractivity contribution in [1.82, 2.24) is 9.88 Å². The molecule has 2 aromatic carbocycles. The average Bonchev–Trinajstić information content (AvgIpc) is 3.04. The highest BCUT2D eigenvalue weighted by Crippen LogP contribution is 2.23. The molecule has 228 valence electrons. The monoisotopic (exact) mass is 586 g/mol. The third-order valence-electron chi connectivity index (χ3n) is 8.10. The molecule has 1 aliphatic rings. The maximum atomic E-state index is 13.6. The first-order valence-corrected chi connectivity index (χ1v) is 15.6. The van der Waals surface area contributed by atoms with Crippen LogP contribution in [-0.2, 0) is 4.79 Å². The van der Waals surface area contributed by atoms with Gasteiger partial charge in [-0.05, 0) is 93.0 Å². The number of pyridine rings is 1. The molecular weight excluding hydrogens is 543 g/mol. The number of anilines is 2. The predicted molar refractivity (Wildman–Crippen MR) is 169 cm³/mol. The molecule has 0 spiro atoms. The number of hydrogen-bond acceptors (Lipinski definition) is 5. The van der Waals surface area contributed by atoms with Crippen molar-refractivity contribution in [3.63, 3.8) is 0 Å². The van der Waals surface area contributed by atoms with Gasteiger partial charge in [-0.1, -0.05) is 39.0 Å². The van der Waals surface area contributed by atoms with E-state index in [2.05, 4.69) is 22.1 Å². The lowest BCUT2D eigenvalue weighted by molar-refractivity contribution is -0.116. The number of piperidine rings is 1. The molecule has 0 aliphatic carbocycles. The van der Waals surface area contributed by atoms with Crippen molar-refractivity contribution in [3.8, 4) is 0 Å². The number of halogens is 1. The molecule has 3 aromatic rings. The summed E-state index contributed by atoms with van der Waals surface area (Å²) in [4.78, 5) is 47.1. The van der Waals surface area contributed by atoms with E-state index in [9.17, 15) is 18.8 Å². The molecule has 8 heteroatoms. The van der Waals surface area contributed by atoms with Crippen LogP contribution < -0.4 is 10.2 Å². The van der Waals surface area contributed by atoms with Crippen LogP contribution in [0.2, 0.25) is 0 Å². The van der Waals surface area contributed by atoms with E-state index in [1.54, 1.807) is 53.7 Å². The van der Waals surface area contributed by atoms with Crippen LogP contribution in [0, 0.1) is 11.7 Å². The number of carbonyl (C=O) groups excluding carboxylic acids is 3. The molecule has 2 heterocycles. The Morgan fingerprint density at radius 3 is 2.26 bits per heavy atom. The van der Waals surface area contributed by atoms with E-state index in [1.165, 1.54) is 37.8 Å². The van der Waals surface area contributed by atoms with Crippen LogP contribution in [-0.4, -0.2) is 53.7 Å². The molecule has 1 aromatic heterocycles. The molecule has 1 aliphatic heterocycles. The zero-order valence-electron chi connectivity index (χ0n) is 25.1. The summed E-state index contributed by atoms with van der Waals surface area (Å²) in [5.74, 6) is -0.508. The second-order valence-electron chi connectivity index (χ2n) is 11.3. The van der Waals surface area contributed by atoms with Gasteiger partial charge in [0.2, 0.25) is 5.91 Å². The number of ketones is 1. The number of aromatic nitrogens is 1. The Labute approximate surface area is 254 Å². The molecule has 0 unspecified atom stereocenters. The van der Waals surface area contributed by atoms with Crippen LogP contribution in [0.4, 0.5) is 15.8 Å². The maximum Gasteiger partial charge on any atom is 0.258 e. The predicted octanol–water partition coefficient (Wildman–Crippen LogP) is 7.15. The molecule has 0 saturated carbocycles. The van der Waals surface area contributed by atoms with Gasteiger partial charge in [-0.15, -0.1) is 0 Å². The van der Waals surface area contributed by atoms with E-state index >= 15 is 0 Å². The van der Waals surface area contributed by atoms with Gasteiger partial charge in [-0.25, -0.2) is 4.39 Å². The standard InChI is InChI=1S/C35H43FN4O3/c1-2-3-4-5-6-7-10-33(41)38-31-17-13-29(14-18-31)35(43)40(32-9-8-21-37-26-32)25-24-39-22-19-28(20-23-39)34(42)27-11-15-30(36)16-12-27/h8-9,11-18,21,26,28H,2-7,10,19-20,22-25H2,1H3,(H,38,41). The summed E-state index contributed by atoms with van der Waals surface area (Å²) in [5, 5.41) is 2.94. The Morgan fingerprint density at radius 1 is 0.907 bits per heavy atom. The van der Waals surface area contributed by atoms with Gasteiger partial charge < -0.3 is 15.1 Å². The topological polar surface area (TPSA) is 82.6 Å². The van der Waals surface area contributed by atoms with Crippen LogP contribution in [0.25, 0.3) is 0 Å².